The molecule has 1 amide bonds. The molecule has 6 nitrogen and oxygen atoms in total. The van der Waals surface area contributed by atoms with Crippen molar-refractivity contribution in [2.75, 3.05) is 10.0 Å². The van der Waals surface area contributed by atoms with E-state index in [9.17, 15) is 13.2 Å². The second-order valence-corrected chi connectivity index (χ2v) is 9.03. The van der Waals surface area contributed by atoms with E-state index in [0.29, 0.717) is 16.5 Å². The van der Waals surface area contributed by atoms with Crippen molar-refractivity contribution in [2.24, 2.45) is 0 Å². The summed E-state index contributed by atoms with van der Waals surface area (Å²) in [6, 6.07) is 15.2. The van der Waals surface area contributed by atoms with Gasteiger partial charge in [-0.05, 0) is 48.5 Å². The van der Waals surface area contributed by atoms with Crippen LogP contribution in [0.25, 0.3) is 0 Å². The SMILES string of the molecule is CC(=O)Nc1ccc(S(=O)(=O)Nc2ccccc2Oc2ccc(Cl)cc2Cl)cc1Cl. The molecule has 0 saturated carbocycles. The van der Waals surface area contributed by atoms with Gasteiger partial charge in [0.05, 0.1) is 26.3 Å². The summed E-state index contributed by atoms with van der Waals surface area (Å²) in [6.45, 7) is 1.33. The Hall–Kier alpha value is -2.45. The molecule has 0 spiro atoms. The maximum absolute atomic E-state index is 12.8. The highest BCUT2D eigenvalue weighted by molar-refractivity contribution is 7.92. The van der Waals surface area contributed by atoms with Crippen molar-refractivity contribution in [3.8, 4) is 11.5 Å². The van der Waals surface area contributed by atoms with E-state index in [2.05, 4.69) is 10.0 Å². The lowest BCUT2D eigenvalue weighted by Crippen LogP contribution is -2.14. The van der Waals surface area contributed by atoms with Crippen molar-refractivity contribution in [2.45, 2.75) is 11.8 Å². The van der Waals surface area contributed by atoms with E-state index in [4.69, 9.17) is 39.5 Å². The highest BCUT2D eigenvalue weighted by Crippen LogP contribution is 2.36. The number of halogens is 3. The molecule has 3 aromatic carbocycles. The van der Waals surface area contributed by atoms with Crippen LogP contribution in [0.3, 0.4) is 0 Å². The molecule has 0 atom stereocenters. The number of ether oxygens (including phenoxy) is 1. The Labute approximate surface area is 188 Å². The van der Waals surface area contributed by atoms with Gasteiger partial charge in [-0.25, -0.2) is 8.42 Å². The maximum atomic E-state index is 12.8. The summed E-state index contributed by atoms with van der Waals surface area (Å²) >= 11 is 18.1. The van der Waals surface area contributed by atoms with Crippen LogP contribution in [0.15, 0.2) is 65.6 Å². The fourth-order valence-electron chi connectivity index (χ4n) is 2.47. The van der Waals surface area contributed by atoms with Crippen molar-refractivity contribution < 1.29 is 17.9 Å². The van der Waals surface area contributed by atoms with Gasteiger partial charge in [-0.3, -0.25) is 9.52 Å². The molecule has 0 aliphatic rings. The minimum atomic E-state index is -3.99. The summed E-state index contributed by atoms with van der Waals surface area (Å²) in [5, 5.41) is 3.33. The Kier molecular flexibility index (Phi) is 6.77. The molecule has 0 fully saturated rings. The van der Waals surface area contributed by atoms with Gasteiger partial charge in [0.25, 0.3) is 10.0 Å². The van der Waals surface area contributed by atoms with Crippen LogP contribution in [0.5, 0.6) is 11.5 Å². The van der Waals surface area contributed by atoms with Crippen molar-refractivity contribution in [1.82, 2.24) is 0 Å². The largest absolute Gasteiger partial charge is 0.454 e. The van der Waals surface area contributed by atoms with Crippen LogP contribution in [-0.4, -0.2) is 14.3 Å². The molecule has 0 aromatic heterocycles. The lowest BCUT2D eigenvalue weighted by atomic mass is 10.3. The second-order valence-electron chi connectivity index (χ2n) is 6.10. The zero-order valence-electron chi connectivity index (χ0n) is 15.4. The summed E-state index contributed by atoms with van der Waals surface area (Å²) in [6.07, 6.45) is 0. The topological polar surface area (TPSA) is 84.5 Å². The highest BCUT2D eigenvalue weighted by atomic mass is 35.5. The molecule has 0 bridgehead atoms. The molecule has 10 heteroatoms. The van der Waals surface area contributed by atoms with Gasteiger partial charge < -0.3 is 10.1 Å². The molecule has 0 aliphatic heterocycles. The van der Waals surface area contributed by atoms with Crippen LogP contribution in [-0.2, 0) is 14.8 Å². The van der Waals surface area contributed by atoms with E-state index in [0.717, 1.165) is 0 Å². The van der Waals surface area contributed by atoms with Gasteiger partial charge in [0.1, 0.15) is 5.75 Å². The fraction of sp³-hybridized carbons (Fsp3) is 0.0500. The molecular formula is C20H15Cl3N2O4S. The first-order valence-electron chi connectivity index (χ1n) is 8.47. The molecule has 0 heterocycles. The number of rotatable bonds is 6. The van der Waals surface area contributed by atoms with Crippen molar-refractivity contribution >= 4 is 62.1 Å². The predicted molar refractivity (Wildman–Crippen MR) is 120 cm³/mol. The van der Waals surface area contributed by atoms with Crippen LogP contribution in [0.2, 0.25) is 15.1 Å². The Morgan fingerprint density at radius 3 is 2.27 bits per heavy atom. The number of carbonyl (C=O) groups excluding carboxylic acids is 1. The van der Waals surface area contributed by atoms with E-state index in [1.807, 2.05) is 0 Å². The first kappa shape index (κ1) is 22.2. The molecule has 3 rings (SSSR count). The summed E-state index contributed by atoms with van der Waals surface area (Å²) in [5.74, 6) is 0.235. The molecular weight excluding hydrogens is 471 g/mol. The van der Waals surface area contributed by atoms with E-state index in [-0.39, 0.29) is 32.3 Å². The van der Waals surface area contributed by atoms with E-state index in [1.165, 1.54) is 31.2 Å². The van der Waals surface area contributed by atoms with E-state index < -0.39 is 10.0 Å². The summed E-state index contributed by atoms with van der Waals surface area (Å²) in [7, 11) is -3.99. The van der Waals surface area contributed by atoms with Crippen molar-refractivity contribution in [3.05, 3.63) is 75.7 Å². The number of para-hydroxylation sites is 2. The maximum Gasteiger partial charge on any atom is 0.262 e. The lowest BCUT2D eigenvalue weighted by molar-refractivity contribution is -0.114. The Balaban J connectivity index is 1.89. The quantitative estimate of drug-likeness (QED) is 0.435. The molecule has 0 aliphatic carbocycles. The van der Waals surface area contributed by atoms with Crippen molar-refractivity contribution in [3.63, 3.8) is 0 Å². The number of benzene rings is 3. The zero-order valence-corrected chi connectivity index (χ0v) is 18.5. The minimum Gasteiger partial charge on any atom is -0.454 e. The Morgan fingerprint density at radius 1 is 0.867 bits per heavy atom. The highest BCUT2D eigenvalue weighted by Gasteiger charge is 2.19. The lowest BCUT2D eigenvalue weighted by Gasteiger charge is -2.15. The molecule has 3 aromatic rings. The number of carbonyl (C=O) groups is 1. The average molecular weight is 486 g/mol. The first-order chi connectivity index (χ1) is 14.2. The number of hydrogen-bond donors (Lipinski definition) is 2. The Bertz CT molecular complexity index is 1220. The third-order valence-electron chi connectivity index (χ3n) is 3.81. The predicted octanol–water partition coefficient (Wildman–Crippen LogP) is 6.20. The van der Waals surface area contributed by atoms with Crippen LogP contribution >= 0.6 is 34.8 Å². The van der Waals surface area contributed by atoms with E-state index >= 15 is 0 Å². The molecule has 156 valence electrons. The monoisotopic (exact) mass is 484 g/mol. The van der Waals surface area contributed by atoms with Crippen molar-refractivity contribution in [1.29, 1.82) is 0 Å². The standard InChI is InChI=1S/C20H15Cl3N2O4S/c1-12(26)24-17-8-7-14(11-15(17)22)30(27,28)25-18-4-2-3-5-20(18)29-19-9-6-13(21)10-16(19)23/h2-11,25H,1H3,(H,24,26). The average Bonchev–Trinajstić information content (AvgIpc) is 2.66. The molecule has 0 unspecified atom stereocenters. The third-order valence-corrected chi connectivity index (χ3v) is 6.01. The number of anilines is 2. The van der Waals surface area contributed by atoms with Crippen LogP contribution in [0, 0.1) is 0 Å². The van der Waals surface area contributed by atoms with Gasteiger partial charge >= 0.3 is 0 Å². The normalized spacial score (nSPS) is 11.1. The van der Waals surface area contributed by atoms with E-state index in [1.54, 1.807) is 36.4 Å². The van der Waals surface area contributed by atoms with Gasteiger partial charge in [0.2, 0.25) is 5.91 Å². The smallest absolute Gasteiger partial charge is 0.262 e. The summed E-state index contributed by atoms with van der Waals surface area (Å²) < 4.78 is 33.9. The summed E-state index contributed by atoms with van der Waals surface area (Å²) in [5.41, 5.74) is 0.509. The van der Waals surface area contributed by atoms with Gasteiger partial charge in [-0.1, -0.05) is 46.9 Å². The van der Waals surface area contributed by atoms with Gasteiger partial charge in [-0.15, -0.1) is 0 Å². The first-order valence-corrected chi connectivity index (χ1v) is 11.1. The van der Waals surface area contributed by atoms with Gasteiger partial charge in [0, 0.05) is 11.9 Å². The number of nitrogens with one attached hydrogen (secondary N) is 2. The van der Waals surface area contributed by atoms with Crippen LogP contribution in [0.4, 0.5) is 11.4 Å². The zero-order chi connectivity index (χ0) is 21.9. The number of sulfonamides is 1. The second kappa shape index (κ2) is 9.14. The van der Waals surface area contributed by atoms with Crippen LogP contribution < -0.4 is 14.8 Å². The van der Waals surface area contributed by atoms with Gasteiger partial charge in [-0.2, -0.15) is 0 Å². The molecule has 2 N–H and O–H groups in total. The van der Waals surface area contributed by atoms with Crippen LogP contribution in [0.1, 0.15) is 6.92 Å². The number of amides is 1. The minimum absolute atomic E-state index is 0.0825. The fourth-order valence-corrected chi connectivity index (χ4v) is 4.31. The van der Waals surface area contributed by atoms with Gasteiger partial charge in [0.15, 0.2) is 5.75 Å². The third kappa shape index (κ3) is 5.37. The molecule has 30 heavy (non-hydrogen) atoms. The Morgan fingerprint density at radius 2 is 1.60 bits per heavy atom. The summed E-state index contributed by atoms with van der Waals surface area (Å²) in [4.78, 5) is 11.1. The molecule has 0 saturated heterocycles. The number of hydrogen-bond acceptors (Lipinski definition) is 4. The molecule has 0 radical (unpaired) electrons.